The summed E-state index contributed by atoms with van der Waals surface area (Å²) >= 11 is 2.48. The van der Waals surface area contributed by atoms with Crippen LogP contribution in [0.3, 0.4) is 0 Å². The number of rotatable bonds is 1. The van der Waals surface area contributed by atoms with Crippen molar-refractivity contribution >= 4 is 28.5 Å². The Morgan fingerprint density at radius 3 is 2.33 bits per heavy atom. The van der Waals surface area contributed by atoms with E-state index in [0.29, 0.717) is 0 Å². The van der Waals surface area contributed by atoms with Crippen molar-refractivity contribution in [3.63, 3.8) is 0 Å². The van der Waals surface area contributed by atoms with Gasteiger partial charge in [0.2, 0.25) is 5.91 Å². The molecule has 70 valence electrons. The molecule has 2 nitrogen and oxygen atoms in total. The Morgan fingerprint density at radius 2 is 2.00 bits per heavy atom. The quantitative estimate of drug-likeness (QED) is 0.532. The molecule has 0 aromatic carbocycles. The third kappa shape index (κ3) is 2.61. The number of carbonyl (C=O) groups excluding carboxylic acids is 1. The Labute approximate surface area is 87.8 Å². The van der Waals surface area contributed by atoms with E-state index in [-0.39, 0.29) is 5.91 Å². The van der Waals surface area contributed by atoms with Crippen molar-refractivity contribution in [3.05, 3.63) is 0 Å². The lowest BCUT2D eigenvalue weighted by Crippen LogP contribution is -2.38. The maximum atomic E-state index is 11.0. The fourth-order valence-electron chi connectivity index (χ4n) is 1.67. The number of halogens is 1. The molecule has 1 heterocycles. The Balaban J connectivity index is 2.34. The lowest BCUT2D eigenvalue weighted by Gasteiger charge is -2.32. The maximum Gasteiger partial charge on any atom is 0.219 e. The number of carbonyl (C=O) groups is 1. The van der Waals surface area contributed by atoms with E-state index in [4.69, 9.17) is 0 Å². The van der Waals surface area contributed by atoms with E-state index < -0.39 is 0 Å². The lowest BCUT2D eigenvalue weighted by atomic mass is 9.94. The van der Waals surface area contributed by atoms with Crippen LogP contribution < -0.4 is 0 Å². The number of hydrogen-bond acceptors (Lipinski definition) is 1. The molecule has 12 heavy (non-hydrogen) atoms. The van der Waals surface area contributed by atoms with Gasteiger partial charge in [-0.15, -0.1) is 0 Å². The zero-order chi connectivity index (χ0) is 9.14. The first kappa shape index (κ1) is 10.3. The van der Waals surface area contributed by atoms with E-state index in [1.54, 1.807) is 6.92 Å². The fourth-order valence-corrected chi connectivity index (χ4v) is 2.39. The molecule has 0 aliphatic carbocycles. The van der Waals surface area contributed by atoms with E-state index in [2.05, 4.69) is 29.5 Å². The largest absolute Gasteiger partial charge is 0.343 e. The Kier molecular flexibility index (Phi) is 3.80. The van der Waals surface area contributed by atoms with E-state index in [1.807, 2.05) is 4.90 Å². The number of piperidine rings is 1. The second-order valence-corrected chi connectivity index (χ2v) is 5.49. The van der Waals surface area contributed by atoms with Crippen molar-refractivity contribution in [1.82, 2.24) is 4.90 Å². The van der Waals surface area contributed by atoms with Gasteiger partial charge in [0.05, 0.1) is 0 Å². The summed E-state index contributed by atoms with van der Waals surface area (Å²) in [5.74, 6) is 1.05. The van der Waals surface area contributed by atoms with Crippen LogP contribution in [-0.4, -0.2) is 27.8 Å². The van der Waals surface area contributed by atoms with E-state index >= 15 is 0 Å². The predicted octanol–water partition coefficient (Wildman–Crippen LogP) is 2.07. The summed E-state index contributed by atoms with van der Waals surface area (Å²) in [7, 11) is 0. The van der Waals surface area contributed by atoms with Crippen molar-refractivity contribution in [2.75, 3.05) is 13.1 Å². The molecular formula is C9H16INO. The lowest BCUT2D eigenvalue weighted by molar-refractivity contribution is -0.130. The zero-order valence-corrected chi connectivity index (χ0v) is 9.87. The third-order valence-corrected chi connectivity index (χ3v) is 3.65. The highest BCUT2D eigenvalue weighted by Crippen LogP contribution is 2.25. The Morgan fingerprint density at radius 1 is 1.50 bits per heavy atom. The second kappa shape index (κ2) is 4.44. The summed E-state index contributed by atoms with van der Waals surface area (Å²) in [6.45, 7) is 5.85. The maximum absolute atomic E-state index is 11.0. The number of amides is 1. The highest BCUT2D eigenvalue weighted by Gasteiger charge is 2.23. The molecule has 3 heteroatoms. The topological polar surface area (TPSA) is 20.3 Å². The van der Waals surface area contributed by atoms with Crippen LogP contribution in [0, 0.1) is 5.92 Å². The molecule has 0 aromatic rings. The van der Waals surface area contributed by atoms with Crippen molar-refractivity contribution < 1.29 is 4.79 Å². The van der Waals surface area contributed by atoms with Crippen LogP contribution in [0.4, 0.5) is 0 Å². The molecule has 0 radical (unpaired) electrons. The zero-order valence-electron chi connectivity index (χ0n) is 7.72. The molecule has 1 saturated heterocycles. The van der Waals surface area contributed by atoms with Gasteiger partial charge in [-0.25, -0.2) is 0 Å². The highest BCUT2D eigenvalue weighted by molar-refractivity contribution is 14.1. The minimum atomic E-state index is 0.231. The van der Waals surface area contributed by atoms with Gasteiger partial charge in [-0.1, -0.05) is 29.5 Å². The standard InChI is InChI=1S/C9H16INO/c1-7(10)9-3-5-11(6-4-9)8(2)12/h7,9H,3-6H2,1-2H3. The van der Waals surface area contributed by atoms with Crippen LogP contribution in [-0.2, 0) is 4.79 Å². The molecule has 1 aliphatic rings. The number of hydrogen-bond donors (Lipinski definition) is 0. The van der Waals surface area contributed by atoms with Gasteiger partial charge in [0.15, 0.2) is 0 Å². The summed E-state index contributed by atoms with van der Waals surface area (Å²) in [4.78, 5) is 13.0. The van der Waals surface area contributed by atoms with Gasteiger partial charge < -0.3 is 4.90 Å². The monoisotopic (exact) mass is 281 g/mol. The molecule has 1 fully saturated rings. The molecule has 0 bridgehead atoms. The van der Waals surface area contributed by atoms with Crippen LogP contribution in [0.1, 0.15) is 26.7 Å². The van der Waals surface area contributed by atoms with E-state index in [9.17, 15) is 4.79 Å². The summed E-state index contributed by atoms with van der Waals surface area (Å²) in [6, 6.07) is 0. The molecule has 1 unspecified atom stereocenters. The third-order valence-electron chi connectivity index (χ3n) is 2.63. The van der Waals surface area contributed by atoms with Crippen LogP contribution in [0.5, 0.6) is 0 Å². The second-order valence-electron chi connectivity index (χ2n) is 3.52. The van der Waals surface area contributed by atoms with Gasteiger partial charge >= 0.3 is 0 Å². The van der Waals surface area contributed by atoms with Crippen LogP contribution in [0.2, 0.25) is 0 Å². The first-order valence-corrected chi connectivity index (χ1v) is 5.75. The van der Waals surface area contributed by atoms with Crippen LogP contribution in [0.25, 0.3) is 0 Å². The molecule has 0 N–H and O–H groups in total. The van der Waals surface area contributed by atoms with Gasteiger partial charge in [-0.2, -0.15) is 0 Å². The van der Waals surface area contributed by atoms with E-state index in [1.165, 1.54) is 12.8 Å². The average molecular weight is 281 g/mol. The number of likely N-dealkylation sites (tertiary alicyclic amines) is 1. The highest BCUT2D eigenvalue weighted by atomic mass is 127. The number of alkyl halides is 1. The predicted molar refractivity (Wildman–Crippen MR) is 58.5 cm³/mol. The van der Waals surface area contributed by atoms with Gasteiger partial charge in [0, 0.05) is 23.9 Å². The van der Waals surface area contributed by atoms with Gasteiger partial charge in [-0.05, 0) is 18.8 Å². The summed E-state index contributed by atoms with van der Waals surface area (Å²) in [5, 5.41) is 0. The molecule has 1 atom stereocenters. The summed E-state index contributed by atoms with van der Waals surface area (Å²) in [6.07, 6.45) is 2.37. The van der Waals surface area contributed by atoms with E-state index in [0.717, 1.165) is 22.9 Å². The van der Waals surface area contributed by atoms with Crippen molar-refractivity contribution in [3.8, 4) is 0 Å². The number of nitrogens with zero attached hydrogens (tertiary/aromatic N) is 1. The molecule has 1 aliphatic heterocycles. The van der Waals surface area contributed by atoms with Crippen molar-refractivity contribution in [2.24, 2.45) is 5.92 Å². The van der Waals surface area contributed by atoms with Gasteiger partial charge in [0.1, 0.15) is 0 Å². The van der Waals surface area contributed by atoms with Crippen LogP contribution in [0.15, 0.2) is 0 Å². The summed E-state index contributed by atoms with van der Waals surface area (Å²) in [5.41, 5.74) is 0. The Bertz CT molecular complexity index is 162. The summed E-state index contributed by atoms with van der Waals surface area (Å²) < 4.78 is 0.747. The molecular weight excluding hydrogens is 265 g/mol. The van der Waals surface area contributed by atoms with Gasteiger partial charge in [0.25, 0.3) is 0 Å². The minimum absolute atomic E-state index is 0.231. The minimum Gasteiger partial charge on any atom is -0.343 e. The van der Waals surface area contributed by atoms with Crippen molar-refractivity contribution in [1.29, 1.82) is 0 Å². The molecule has 0 spiro atoms. The van der Waals surface area contributed by atoms with Crippen LogP contribution >= 0.6 is 22.6 Å². The first-order chi connectivity index (χ1) is 5.61. The SMILES string of the molecule is CC(=O)N1CCC(C(C)I)CC1. The first-order valence-electron chi connectivity index (χ1n) is 4.51. The molecule has 0 saturated carbocycles. The fraction of sp³-hybridized carbons (Fsp3) is 0.889. The molecule has 1 amide bonds. The van der Waals surface area contributed by atoms with Gasteiger partial charge in [-0.3, -0.25) is 4.79 Å². The Hall–Kier alpha value is 0.200. The normalized spacial score (nSPS) is 22.4. The smallest absolute Gasteiger partial charge is 0.219 e. The average Bonchev–Trinajstić information content (AvgIpc) is 2.04. The molecule has 0 aromatic heterocycles. The van der Waals surface area contributed by atoms with Crippen molar-refractivity contribution in [2.45, 2.75) is 30.6 Å². The molecule has 1 rings (SSSR count).